The molecule has 124 valence electrons. The third-order valence-corrected chi connectivity index (χ3v) is 5.30. The molecule has 1 aliphatic carbocycles. The summed E-state index contributed by atoms with van der Waals surface area (Å²) in [5, 5.41) is 9.67. The molecule has 1 aliphatic heterocycles. The van der Waals surface area contributed by atoms with Crippen LogP contribution < -0.4 is 10.5 Å². The number of ether oxygens (including phenoxy) is 1. The Morgan fingerprint density at radius 2 is 2.17 bits per heavy atom. The van der Waals surface area contributed by atoms with E-state index in [0.717, 1.165) is 28.6 Å². The zero-order valence-electron chi connectivity index (χ0n) is 13.6. The Bertz CT molecular complexity index is 820. The molecule has 2 aliphatic rings. The molecule has 0 radical (unpaired) electrons. The van der Waals surface area contributed by atoms with Gasteiger partial charge < -0.3 is 15.4 Å². The lowest BCUT2D eigenvalue weighted by Gasteiger charge is -2.37. The smallest absolute Gasteiger partial charge is 0.161 e. The summed E-state index contributed by atoms with van der Waals surface area (Å²) in [7, 11) is 3.42. The average Bonchev–Trinajstić information content (AvgIpc) is 2.58. The van der Waals surface area contributed by atoms with Crippen LogP contribution in [-0.4, -0.2) is 24.8 Å². The van der Waals surface area contributed by atoms with Gasteiger partial charge in [0.05, 0.1) is 29.1 Å². The Kier molecular flexibility index (Phi) is 4.37. The minimum atomic E-state index is -0.420. The number of benzene rings is 1. The lowest BCUT2D eigenvalue weighted by Crippen LogP contribution is -2.36. The van der Waals surface area contributed by atoms with Crippen LogP contribution in [0.3, 0.4) is 0 Å². The van der Waals surface area contributed by atoms with Crippen LogP contribution in [0, 0.1) is 11.3 Å². The normalized spacial score (nSPS) is 20.8. The molecule has 0 spiro atoms. The number of Topliss-reactive ketones (excluding diaryl/α,β-unsaturated/α-hetero) is 1. The molecular weight excluding hydrogens is 370 g/mol. The summed E-state index contributed by atoms with van der Waals surface area (Å²) < 4.78 is 6.05. The van der Waals surface area contributed by atoms with E-state index in [1.807, 2.05) is 25.2 Å². The van der Waals surface area contributed by atoms with Gasteiger partial charge in [-0.25, -0.2) is 0 Å². The number of methoxy groups -OCH3 is 1. The van der Waals surface area contributed by atoms with E-state index in [0.29, 0.717) is 29.1 Å². The first-order chi connectivity index (χ1) is 11.5. The average molecular weight is 388 g/mol. The van der Waals surface area contributed by atoms with Crippen molar-refractivity contribution in [2.75, 3.05) is 14.2 Å². The molecule has 0 amide bonds. The van der Waals surface area contributed by atoms with Crippen molar-refractivity contribution < 1.29 is 9.53 Å². The third kappa shape index (κ3) is 2.49. The molecule has 0 bridgehead atoms. The maximum Gasteiger partial charge on any atom is 0.161 e. The van der Waals surface area contributed by atoms with Gasteiger partial charge in [-0.1, -0.05) is 6.07 Å². The molecule has 24 heavy (non-hydrogen) atoms. The van der Waals surface area contributed by atoms with E-state index >= 15 is 0 Å². The molecule has 0 aromatic heterocycles. The molecule has 5 nitrogen and oxygen atoms in total. The maximum atomic E-state index is 12.6. The van der Waals surface area contributed by atoms with E-state index in [9.17, 15) is 10.1 Å². The minimum absolute atomic E-state index is 0.0975. The molecule has 0 saturated carbocycles. The Labute approximate surface area is 149 Å². The molecule has 0 saturated heterocycles. The van der Waals surface area contributed by atoms with Gasteiger partial charge in [0.2, 0.25) is 0 Å². The fourth-order valence-electron chi connectivity index (χ4n) is 3.46. The number of allylic oxidation sites excluding steroid dienone is 3. The molecule has 2 N–H and O–H groups in total. The van der Waals surface area contributed by atoms with Gasteiger partial charge in [0.1, 0.15) is 11.6 Å². The number of nitrogens with zero attached hydrogens (tertiary/aromatic N) is 2. The molecular formula is C18H18BrN3O2. The molecule has 1 heterocycles. The second kappa shape index (κ2) is 6.33. The van der Waals surface area contributed by atoms with Crippen LogP contribution >= 0.6 is 15.9 Å². The number of nitriles is 1. The van der Waals surface area contributed by atoms with Crippen molar-refractivity contribution in [2.24, 2.45) is 5.73 Å². The van der Waals surface area contributed by atoms with Crippen LogP contribution in [0.2, 0.25) is 0 Å². The minimum Gasteiger partial charge on any atom is -0.496 e. The van der Waals surface area contributed by atoms with Gasteiger partial charge in [0.15, 0.2) is 5.78 Å². The first-order valence-electron chi connectivity index (χ1n) is 7.72. The first kappa shape index (κ1) is 16.6. The summed E-state index contributed by atoms with van der Waals surface area (Å²) in [5.74, 6) is 0.797. The zero-order chi connectivity index (χ0) is 17.4. The van der Waals surface area contributed by atoms with Crippen LogP contribution in [0.25, 0.3) is 0 Å². The number of ketones is 1. The van der Waals surface area contributed by atoms with Crippen LogP contribution in [0.15, 0.2) is 45.3 Å². The molecule has 1 aromatic rings. The lowest BCUT2D eigenvalue weighted by atomic mass is 9.76. The largest absolute Gasteiger partial charge is 0.496 e. The summed E-state index contributed by atoms with van der Waals surface area (Å²) in [5.41, 5.74) is 9.12. The quantitative estimate of drug-likeness (QED) is 0.842. The molecule has 6 heteroatoms. The van der Waals surface area contributed by atoms with Gasteiger partial charge in [0.25, 0.3) is 0 Å². The summed E-state index contributed by atoms with van der Waals surface area (Å²) in [6.45, 7) is 0. The monoisotopic (exact) mass is 387 g/mol. The van der Waals surface area contributed by atoms with Crippen molar-refractivity contribution in [2.45, 2.75) is 25.2 Å². The second-order valence-electron chi connectivity index (χ2n) is 5.93. The number of carbonyl (C=O) groups excluding carboxylic acids is 1. The fraction of sp³-hybridized carbons (Fsp3) is 0.333. The lowest BCUT2D eigenvalue weighted by molar-refractivity contribution is -0.116. The van der Waals surface area contributed by atoms with Crippen molar-refractivity contribution in [3.63, 3.8) is 0 Å². The van der Waals surface area contributed by atoms with Crippen LogP contribution in [0.5, 0.6) is 5.75 Å². The molecule has 3 rings (SSSR count). The third-order valence-electron chi connectivity index (χ3n) is 4.68. The van der Waals surface area contributed by atoms with E-state index in [1.54, 1.807) is 12.0 Å². The highest BCUT2D eigenvalue weighted by atomic mass is 79.9. The molecule has 1 atom stereocenters. The van der Waals surface area contributed by atoms with E-state index < -0.39 is 5.92 Å². The van der Waals surface area contributed by atoms with Crippen molar-refractivity contribution in [1.29, 1.82) is 5.26 Å². The molecule has 1 aromatic carbocycles. The van der Waals surface area contributed by atoms with Crippen molar-refractivity contribution in [1.82, 2.24) is 4.90 Å². The number of halogens is 1. The van der Waals surface area contributed by atoms with Gasteiger partial charge in [-0.05, 0) is 46.5 Å². The predicted octanol–water partition coefficient (Wildman–Crippen LogP) is 3.19. The maximum absolute atomic E-state index is 12.6. The second-order valence-corrected chi connectivity index (χ2v) is 6.79. The van der Waals surface area contributed by atoms with Crippen LogP contribution in [-0.2, 0) is 4.79 Å². The fourth-order valence-corrected chi connectivity index (χ4v) is 4.02. The van der Waals surface area contributed by atoms with Crippen LogP contribution in [0.4, 0.5) is 0 Å². The van der Waals surface area contributed by atoms with Gasteiger partial charge in [-0.15, -0.1) is 0 Å². The molecule has 0 unspecified atom stereocenters. The number of hydrogen-bond donors (Lipinski definition) is 1. The number of carbonyl (C=O) groups is 1. The van der Waals surface area contributed by atoms with E-state index in [4.69, 9.17) is 10.5 Å². The van der Waals surface area contributed by atoms with Crippen molar-refractivity contribution in [3.05, 3.63) is 50.9 Å². The topological polar surface area (TPSA) is 79.3 Å². The highest BCUT2D eigenvalue weighted by Crippen LogP contribution is 2.45. The summed E-state index contributed by atoms with van der Waals surface area (Å²) in [6, 6.07) is 7.82. The SMILES string of the molecule is COc1ccc([C@H]2C(C#N)=C(N)N(C)C3=C2C(=O)CCC3)cc1Br. The molecule has 0 fully saturated rings. The van der Waals surface area contributed by atoms with Crippen molar-refractivity contribution in [3.8, 4) is 11.8 Å². The van der Waals surface area contributed by atoms with E-state index in [1.165, 1.54) is 0 Å². The van der Waals surface area contributed by atoms with Crippen LogP contribution in [0.1, 0.15) is 30.7 Å². The highest BCUT2D eigenvalue weighted by molar-refractivity contribution is 9.10. The van der Waals surface area contributed by atoms with Crippen molar-refractivity contribution >= 4 is 21.7 Å². The van der Waals surface area contributed by atoms with E-state index in [-0.39, 0.29) is 5.78 Å². The number of hydrogen-bond acceptors (Lipinski definition) is 5. The predicted molar refractivity (Wildman–Crippen MR) is 93.9 cm³/mol. The number of rotatable bonds is 2. The van der Waals surface area contributed by atoms with Gasteiger partial charge in [0, 0.05) is 24.7 Å². The zero-order valence-corrected chi connectivity index (χ0v) is 15.2. The Morgan fingerprint density at radius 1 is 1.42 bits per heavy atom. The van der Waals surface area contributed by atoms with E-state index in [2.05, 4.69) is 22.0 Å². The Morgan fingerprint density at radius 3 is 2.79 bits per heavy atom. The number of nitrogens with two attached hydrogens (primary N) is 1. The van der Waals surface area contributed by atoms with Gasteiger partial charge in [-0.3, -0.25) is 4.79 Å². The summed E-state index contributed by atoms with van der Waals surface area (Å²) in [6.07, 6.45) is 2.13. The Balaban J connectivity index is 2.21. The Hall–Kier alpha value is -2.26. The highest BCUT2D eigenvalue weighted by Gasteiger charge is 2.38. The summed E-state index contributed by atoms with van der Waals surface area (Å²) >= 11 is 3.48. The standard InChI is InChI=1S/C18H18BrN3O2/c1-22-13-4-3-5-14(23)17(13)16(11(9-20)18(22)21)10-6-7-15(24-2)12(19)8-10/h6-8,16H,3-5,21H2,1-2H3/t16-/m0/s1. The summed E-state index contributed by atoms with van der Waals surface area (Å²) in [4.78, 5) is 14.4. The van der Waals surface area contributed by atoms with Gasteiger partial charge >= 0.3 is 0 Å². The first-order valence-corrected chi connectivity index (χ1v) is 8.52. The van der Waals surface area contributed by atoms with Gasteiger partial charge in [-0.2, -0.15) is 5.26 Å².